The predicted octanol–water partition coefficient (Wildman–Crippen LogP) is -0.363. The summed E-state index contributed by atoms with van der Waals surface area (Å²) in [6.07, 6.45) is 0. The van der Waals surface area contributed by atoms with E-state index in [-0.39, 0.29) is 0 Å². The molecule has 0 saturated carbocycles. The van der Waals surface area contributed by atoms with Crippen molar-refractivity contribution in [1.82, 2.24) is 9.80 Å². The smallest absolute Gasteiger partial charge is 0.196 e. The number of aliphatic imine (C=N–C) groups is 1. The van der Waals surface area contributed by atoms with Gasteiger partial charge in [-0.05, 0) is 0 Å². The lowest BCUT2D eigenvalue weighted by Crippen LogP contribution is -2.52. The summed E-state index contributed by atoms with van der Waals surface area (Å²) in [5, 5.41) is 0. The lowest BCUT2D eigenvalue weighted by molar-refractivity contribution is 0.0420. The minimum atomic E-state index is 0.809. The summed E-state index contributed by atoms with van der Waals surface area (Å²) in [6, 6.07) is 0. The highest BCUT2D eigenvalue weighted by Gasteiger charge is 2.21. The molecule has 0 N–H and O–H groups in total. The van der Waals surface area contributed by atoms with Gasteiger partial charge < -0.3 is 19.3 Å². The van der Waals surface area contributed by atoms with Crippen LogP contribution < -0.4 is 0 Å². The Balaban J connectivity index is 1.95. The molecule has 15 heavy (non-hydrogen) atoms. The molecule has 2 saturated heterocycles. The monoisotopic (exact) mass is 213 g/mol. The second kappa shape index (κ2) is 5.32. The average molecular weight is 213 g/mol. The van der Waals surface area contributed by atoms with Crippen LogP contribution in [-0.2, 0) is 9.47 Å². The standard InChI is InChI=1S/C10H19N3O2/c1-11-10(12-2-6-14-7-3-12)13-4-8-15-9-5-13/h2-9H2,1H3. The molecule has 2 heterocycles. The topological polar surface area (TPSA) is 37.3 Å². The van der Waals surface area contributed by atoms with Crippen molar-refractivity contribution in [3.8, 4) is 0 Å². The second-order valence-electron chi connectivity index (χ2n) is 3.72. The van der Waals surface area contributed by atoms with Crippen LogP contribution in [0.5, 0.6) is 0 Å². The molecule has 0 aromatic heterocycles. The van der Waals surface area contributed by atoms with Crippen LogP contribution in [0, 0.1) is 0 Å². The van der Waals surface area contributed by atoms with Crippen LogP contribution in [-0.4, -0.2) is 75.4 Å². The van der Waals surface area contributed by atoms with E-state index in [2.05, 4.69) is 14.8 Å². The first-order valence-corrected chi connectivity index (χ1v) is 5.54. The molecular formula is C10H19N3O2. The molecule has 0 aliphatic carbocycles. The first-order chi connectivity index (χ1) is 7.42. The van der Waals surface area contributed by atoms with Gasteiger partial charge in [-0.2, -0.15) is 0 Å². The van der Waals surface area contributed by atoms with Crippen molar-refractivity contribution >= 4 is 5.96 Å². The largest absolute Gasteiger partial charge is 0.378 e. The summed E-state index contributed by atoms with van der Waals surface area (Å²) >= 11 is 0. The number of hydrogen-bond donors (Lipinski definition) is 0. The van der Waals surface area contributed by atoms with E-state index in [1.165, 1.54) is 0 Å². The quantitative estimate of drug-likeness (QED) is 0.407. The first-order valence-electron chi connectivity index (χ1n) is 5.54. The molecule has 0 aromatic carbocycles. The molecule has 0 bridgehead atoms. The van der Waals surface area contributed by atoms with Crippen molar-refractivity contribution in [2.45, 2.75) is 0 Å². The number of hydrogen-bond acceptors (Lipinski definition) is 3. The van der Waals surface area contributed by atoms with Crippen molar-refractivity contribution in [3.05, 3.63) is 0 Å². The molecule has 0 amide bonds. The average Bonchev–Trinajstić information content (AvgIpc) is 2.33. The number of morpholine rings is 2. The Morgan fingerprint density at radius 2 is 1.27 bits per heavy atom. The molecule has 86 valence electrons. The minimum Gasteiger partial charge on any atom is -0.378 e. The highest BCUT2D eigenvalue weighted by atomic mass is 16.5. The normalized spacial score (nSPS) is 22.7. The Labute approximate surface area is 90.7 Å². The van der Waals surface area contributed by atoms with Gasteiger partial charge in [0.25, 0.3) is 0 Å². The lowest BCUT2D eigenvalue weighted by atomic mass is 10.4. The SMILES string of the molecule is CN=C(N1CCOCC1)N1CCOCC1. The summed E-state index contributed by atoms with van der Waals surface area (Å²) in [7, 11) is 1.86. The Kier molecular flexibility index (Phi) is 3.80. The summed E-state index contributed by atoms with van der Waals surface area (Å²) in [5.41, 5.74) is 0. The van der Waals surface area contributed by atoms with E-state index in [4.69, 9.17) is 9.47 Å². The van der Waals surface area contributed by atoms with Crippen LogP contribution in [0.1, 0.15) is 0 Å². The maximum Gasteiger partial charge on any atom is 0.196 e. The third kappa shape index (κ3) is 2.60. The zero-order valence-corrected chi connectivity index (χ0v) is 9.31. The van der Waals surface area contributed by atoms with Crippen LogP contribution in [0.4, 0.5) is 0 Å². The molecule has 5 nitrogen and oxygen atoms in total. The van der Waals surface area contributed by atoms with Crippen molar-refractivity contribution in [2.24, 2.45) is 4.99 Å². The number of rotatable bonds is 0. The first kappa shape index (κ1) is 10.7. The maximum absolute atomic E-state index is 5.34. The van der Waals surface area contributed by atoms with E-state index in [1.54, 1.807) is 0 Å². The molecule has 0 spiro atoms. The Bertz CT molecular complexity index is 201. The van der Waals surface area contributed by atoms with Crippen LogP contribution in [0.15, 0.2) is 4.99 Å². The van der Waals surface area contributed by atoms with Crippen molar-refractivity contribution in [1.29, 1.82) is 0 Å². The Hall–Kier alpha value is -0.810. The van der Waals surface area contributed by atoms with E-state index in [9.17, 15) is 0 Å². The van der Waals surface area contributed by atoms with E-state index in [1.807, 2.05) is 7.05 Å². The molecular weight excluding hydrogens is 194 g/mol. The molecule has 5 heteroatoms. The van der Waals surface area contributed by atoms with Gasteiger partial charge in [-0.3, -0.25) is 4.99 Å². The number of nitrogens with zero attached hydrogens (tertiary/aromatic N) is 3. The van der Waals surface area contributed by atoms with Crippen LogP contribution >= 0.6 is 0 Å². The highest BCUT2D eigenvalue weighted by Crippen LogP contribution is 2.06. The van der Waals surface area contributed by atoms with Gasteiger partial charge >= 0.3 is 0 Å². The molecule has 0 radical (unpaired) electrons. The van der Waals surface area contributed by atoms with Gasteiger partial charge in [-0.25, -0.2) is 0 Å². The molecule has 2 aliphatic heterocycles. The van der Waals surface area contributed by atoms with Gasteiger partial charge in [0.15, 0.2) is 5.96 Å². The molecule has 2 rings (SSSR count). The third-order valence-electron chi connectivity index (χ3n) is 2.79. The number of ether oxygens (including phenoxy) is 2. The van der Waals surface area contributed by atoms with Crippen molar-refractivity contribution in [2.75, 3.05) is 59.7 Å². The fourth-order valence-electron chi connectivity index (χ4n) is 2.01. The summed E-state index contributed by atoms with van der Waals surface area (Å²) in [5.74, 6) is 1.10. The zero-order chi connectivity index (χ0) is 10.5. The van der Waals surface area contributed by atoms with E-state index in [0.29, 0.717) is 0 Å². The zero-order valence-electron chi connectivity index (χ0n) is 9.31. The second-order valence-corrected chi connectivity index (χ2v) is 3.72. The van der Waals surface area contributed by atoms with Gasteiger partial charge in [0.2, 0.25) is 0 Å². The highest BCUT2D eigenvalue weighted by molar-refractivity contribution is 5.80. The van der Waals surface area contributed by atoms with Crippen LogP contribution in [0.2, 0.25) is 0 Å². The van der Waals surface area contributed by atoms with Crippen LogP contribution in [0.3, 0.4) is 0 Å². The molecule has 2 fully saturated rings. The van der Waals surface area contributed by atoms with Gasteiger partial charge in [0.1, 0.15) is 0 Å². The Morgan fingerprint density at radius 1 is 0.867 bits per heavy atom. The van der Waals surface area contributed by atoms with Gasteiger partial charge in [-0.1, -0.05) is 0 Å². The van der Waals surface area contributed by atoms with E-state index >= 15 is 0 Å². The maximum atomic E-state index is 5.34. The van der Waals surface area contributed by atoms with Gasteiger partial charge in [-0.15, -0.1) is 0 Å². The predicted molar refractivity (Wildman–Crippen MR) is 58.1 cm³/mol. The fourth-order valence-corrected chi connectivity index (χ4v) is 2.01. The molecule has 0 unspecified atom stereocenters. The number of guanidine groups is 1. The van der Waals surface area contributed by atoms with Gasteiger partial charge in [0, 0.05) is 33.2 Å². The fraction of sp³-hybridized carbons (Fsp3) is 0.900. The van der Waals surface area contributed by atoms with E-state index < -0.39 is 0 Å². The lowest BCUT2D eigenvalue weighted by Gasteiger charge is -2.37. The van der Waals surface area contributed by atoms with Gasteiger partial charge in [0.05, 0.1) is 26.4 Å². The molecule has 2 aliphatic rings. The van der Waals surface area contributed by atoms with Crippen molar-refractivity contribution < 1.29 is 9.47 Å². The Morgan fingerprint density at radius 3 is 1.60 bits per heavy atom. The molecule has 0 aromatic rings. The van der Waals surface area contributed by atoms with Crippen molar-refractivity contribution in [3.63, 3.8) is 0 Å². The minimum absolute atomic E-state index is 0.809. The summed E-state index contributed by atoms with van der Waals surface area (Å²) in [6.45, 7) is 7.03. The summed E-state index contributed by atoms with van der Waals surface area (Å²) < 4.78 is 10.7. The summed E-state index contributed by atoms with van der Waals surface area (Å²) in [4.78, 5) is 8.99. The van der Waals surface area contributed by atoms with Crippen LogP contribution in [0.25, 0.3) is 0 Å². The third-order valence-corrected chi connectivity index (χ3v) is 2.79. The molecule has 0 atom stereocenters. The van der Waals surface area contributed by atoms with E-state index in [0.717, 1.165) is 58.6 Å².